The minimum atomic E-state index is -3.76. The van der Waals surface area contributed by atoms with Gasteiger partial charge in [-0.15, -0.1) is 0 Å². The predicted molar refractivity (Wildman–Crippen MR) is 73.6 cm³/mol. The highest BCUT2D eigenvalue weighted by atomic mass is 32.2. The fourth-order valence-electron chi connectivity index (χ4n) is 1.78. The van der Waals surface area contributed by atoms with Crippen molar-refractivity contribution in [3.05, 3.63) is 29.3 Å². The maximum absolute atomic E-state index is 12.3. The number of nitriles is 1. The van der Waals surface area contributed by atoms with E-state index in [-0.39, 0.29) is 30.1 Å². The van der Waals surface area contributed by atoms with Gasteiger partial charge in [0.2, 0.25) is 10.0 Å². The molecule has 0 aliphatic rings. The van der Waals surface area contributed by atoms with Crippen LogP contribution in [0.4, 0.5) is 0 Å². The molecule has 0 aliphatic carbocycles. The monoisotopic (exact) mass is 298 g/mol. The van der Waals surface area contributed by atoms with Crippen LogP contribution in [0, 0.1) is 18.3 Å². The molecule has 1 rings (SSSR count). The van der Waals surface area contributed by atoms with Crippen molar-refractivity contribution < 1.29 is 18.3 Å². The molecule has 1 unspecified atom stereocenters. The average molecular weight is 298 g/mol. The van der Waals surface area contributed by atoms with Gasteiger partial charge in [-0.2, -0.15) is 5.26 Å². The van der Waals surface area contributed by atoms with E-state index in [1.54, 1.807) is 19.1 Å². The summed E-state index contributed by atoms with van der Waals surface area (Å²) in [4.78, 5) is 0.0654. The highest BCUT2D eigenvalue weighted by Crippen LogP contribution is 2.17. The van der Waals surface area contributed by atoms with Crippen molar-refractivity contribution in [1.82, 2.24) is 4.72 Å². The van der Waals surface area contributed by atoms with Gasteiger partial charge in [-0.3, -0.25) is 0 Å². The van der Waals surface area contributed by atoms with Gasteiger partial charge in [0.25, 0.3) is 0 Å². The van der Waals surface area contributed by atoms with E-state index < -0.39 is 16.1 Å². The number of aryl methyl sites for hydroxylation is 1. The van der Waals surface area contributed by atoms with Crippen molar-refractivity contribution in [3.63, 3.8) is 0 Å². The fourth-order valence-corrected chi connectivity index (χ4v) is 3.30. The molecule has 110 valence electrons. The van der Waals surface area contributed by atoms with Crippen LogP contribution in [0.25, 0.3) is 0 Å². The molecule has 0 heterocycles. The Kier molecular flexibility index (Phi) is 6.10. The van der Waals surface area contributed by atoms with Gasteiger partial charge in [0.15, 0.2) is 0 Å². The molecule has 0 saturated carbocycles. The molecule has 0 amide bonds. The molecule has 0 aliphatic heterocycles. The number of aliphatic hydroxyl groups is 1. The third-order valence-electron chi connectivity index (χ3n) is 2.77. The number of hydrogen-bond donors (Lipinski definition) is 2. The Bertz CT molecular complexity index is 587. The van der Waals surface area contributed by atoms with Gasteiger partial charge >= 0.3 is 0 Å². The van der Waals surface area contributed by atoms with Gasteiger partial charge < -0.3 is 9.84 Å². The van der Waals surface area contributed by atoms with E-state index in [2.05, 4.69) is 4.72 Å². The van der Waals surface area contributed by atoms with Gasteiger partial charge in [0, 0.05) is 19.8 Å². The van der Waals surface area contributed by atoms with E-state index in [9.17, 15) is 8.42 Å². The van der Waals surface area contributed by atoms with Crippen LogP contribution in [-0.4, -0.2) is 39.9 Å². The SMILES string of the molecule is COCC(CCO)NS(=O)(=O)c1cc(C#N)ccc1C. The summed E-state index contributed by atoms with van der Waals surface area (Å²) in [6, 6.07) is 5.89. The van der Waals surface area contributed by atoms with Crippen molar-refractivity contribution in [1.29, 1.82) is 5.26 Å². The number of rotatable bonds is 7. The molecule has 0 radical (unpaired) electrons. The summed E-state index contributed by atoms with van der Waals surface area (Å²) < 4.78 is 32.1. The van der Waals surface area contributed by atoms with Gasteiger partial charge in [-0.1, -0.05) is 6.07 Å². The topological polar surface area (TPSA) is 99.4 Å². The Morgan fingerprint density at radius 3 is 2.75 bits per heavy atom. The molecule has 7 heteroatoms. The second-order valence-electron chi connectivity index (χ2n) is 4.38. The first-order valence-electron chi connectivity index (χ1n) is 6.07. The van der Waals surface area contributed by atoms with E-state index in [4.69, 9.17) is 15.1 Å². The maximum Gasteiger partial charge on any atom is 0.241 e. The predicted octanol–water partition coefficient (Wildman–Crippen LogP) is 0.542. The molecule has 0 saturated heterocycles. The number of nitrogens with one attached hydrogen (secondary N) is 1. The summed E-state index contributed by atoms with van der Waals surface area (Å²) in [5.74, 6) is 0. The van der Waals surface area contributed by atoms with Crippen molar-refractivity contribution in [2.75, 3.05) is 20.3 Å². The molecule has 0 spiro atoms. The Balaban J connectivity index is 3.07. The fraction of sp³-hybridized carbons (Fsp3) is 0.462. The van der Waals surface area contributed by atoms with Crippen LogP contribution >= 0.6 is 0 Å². The molecule has 0 aromatic heterocycles. The number of aliphatic hydroxyl groups excluding tert-OH is 1. The zero-order valence-corrected chi connectivity index (χ0v) is 12.3. The maximum atomic E-state index is 12.3. The Labute approximate surface area is 119 Å². The smallest absolute Gasteiger partial charge is 0.241 e. The minimum Gasteiger partial charge on any atom is -0.396 e. The Morgan fingerprint density at radius 1 is 1.50 bits per heavy atom. The first-order valence-corrected chi connectivity index (χ1v) is 7.55. The summed E-state index contributed by atoms with van der Waals surface area (Å²) in [7, 11) is -2.30. The molecule has 0 bridgehead atoms. The first-order chi connectivity index (χ1) is 9.44. The van der Waals surface area contributed by atoms with E-state index in [1.807, 2.05) is 6.07 Å². The average Bonchev–Trinajstić information content (AvgIpc) is 2.39. The summed E-state index contributed by atoms with van der Waals surface area (Å²) in [5.41, 5.74) is 0.832. The number of methoxy groups -OCH3 is 1. The van der Waals surface area contributed by atoms with Crippen LogP contribution in [-0.2, 0) is 14.8 Å². The molecular weight excluding hydrogens is 280 g/mol. The highest BCUT2D eigenvalue weighted by Gasteiger charge is 2.22. The number of hydrogen-bond acceptors (Lipinski definition) is 5. The van der Waals surface area contributed by atoms with Crippen LogP contribution < -0.4 is 4.72 Å². The normalized spacial score (nSPS) is 12.9. The molecule has 6 nitrogen and oxygen atoms in total. The van der Waals surface area contributed by atoms with E-state index in [0.717, 1.165) is 0 Å². The minimum absolute atomic E-state index is 0.0654. The molecule has 1 aromatic carbocycles. The Hall–Kier alpha value is -1.46. The van der Waals surface area contributed by atoms with Crippen molar-refractivity contribution in [2.24, 2.45) is 0 Å². The lowest BCUT2D eigenvalue weighted by molar-refractivity contribution is 0.158. The zero-order chi connectivity index (χ0) is 15.2. The highest BCUT2D eigenvalue weighted by molar-refractivity contribution is 7.89. The first kappa shape index (κ1) is 16.6. The van der Waals surface area contributed by atoms with Crippen molar-refractivity contribution >= 4 is 10.0 Å². The second-order valence-corrected chi connectivity index (χ2v) is 6.06. The van der Waals surface area contributed by atoms with E-state index in [0.29, 0.717) is 5.56 Å². The van der Waals surface area contributed by atoms with Gasteiger partial charge in [0.05, 0.1) is 23.1 Å². The molecule has 2 N–H and O–H groups in total. The lowest BCUT2D eigenvalue weighted by Crippen LogP contribution is -2.38. The molecule has 0 fully saturated rings. The van der Waals surface area contributed by atoms with Crippen LogP contribution in [0.5, 0.6) is 0 Å². The van der Waals surface area contributed by atoms with Gasteiger partial charge in [-0.05, 0) is 31.0 Å². The van der Waals surface area contributed by atoms with Crippen molar-refractivity contribution in [3.8, 4) is 6.07 Å². The third-order valence-corrected chi connectivity index (χ3v) is 4.44. The van der Waals surface area contributed by atoms with Gasteiger partial charge in [0.1, 0.15) is 0 Å². The van der Waals surface area contributed by atoms with E-state index >= 15 is 0 Å². The molecule has 1 aromatic rings. The zero-order valence-electron chi connectivity index (χ0n) is 11.5. The second kappa shape index (κ2) is 7.36. The van der Waals surface area contributed by atoms with Crippen LogP contribution in [0.15, 0.2) is 23.1 Å². The number of benzene rings is 1. The third kappa shape index (κ3) is 4.28. The van der Waals surface area contributed by atoms with Crippen LogP contribution in [0.1, 0.15) is 17.5 Å². The molecule has 20 heavy (non-hydrogen) atoms. The van der Waals surface area contributed by atoms with Crippen LogP contribution in [0.2, 0.25) is 0 Å². The lowest BCUT2D eigenvalue weighted by Gasteiger charge is -2.18. The number of ether oxygens (including phenoxy) is 1. The summed E-state index contributed by atoms with van der Waals surface area (Å²) in [6.07, 6.45) is 0.254. The van der Waals surface area contributed by atoms with Gasteiger partial charge in [-0.25, -0.2) is 13.1 Å². The molecular formula is C13H18N2O4S. The van der Waals surface area contributed by atoms with Crippen molar-refractivity contribution in [2.45, 2.75) is 24.3 Å². The van der Waals surface area contributed by atoms with Crippen LogP contribution in [0.3, 0.4) is 0 Å². The number of sulfonamides is 1. The lowest BCUT2D eigenvalue weighted by atomic mass is 10.2. The summed E-state index contributed by atoms with van der Waals surface area (Å²) >= 11 is 0. The summed E-state index contributed by atoms with van der Waals surface area (Å²) in [6.45, 7) is 1.68. The summed E-state index contributed by atoms with van der Waals surface area (Å²) in [5, 5.41) is 17.8. The van der Waals surface area contributed by atoms with E-state index in [1.165, 1.54) is 13.2 Å². The largest absolute Gasteiger partial charge is 0.396 e. The standard InChI is InChI=1S/C13H18N2O4S/c1-10-3-4-11(8-14)7-13(10)20(17,18)15-12(5-6-16)9-19-2/h3-4,7,12,15-16H,5-6,9H2,1-2H3. The Morgan fingerprint density at radius 2 is 2.20 bits per heavy atom. The number of nitrogens with zero attached hydrogens (tertiary/aromatic N) is 1. The molecule has 1 atom stereocenters. The quantitative estimate of drug-likeness (QED) is 0.765.